The summed E-state index contributed by atoms with van der Waals surface area (Å²) >= 11 is 1.75. The van der Waals surface area contributed by atoms with E-state index in [1.54, 1.807) is 11.8 Å². The summed E-state index contributed by atoms with van der Waals surface area (Å²) in [5.41, 5.74) is 0. The first kappa shape index (κ1) is 17.4. The highest BCUT2D eigenvalue weighted by molar-refractivity contribution is 7.99. The van der Waals surface area contributed by atoms with Crippen molar-refractivity contribution in [2.75, 3.05) is 31.2 Å². The second-order valence-corrected chi connectivity index (χ2v) is 7.30. The van der Waals surface area contributed by atoms with Crippen LogP contribution in [0.1, 0.15) is 38.5 Å². The number of amides is 1. The van der Waals surface area contributed by atoms with E-state index in [4.69, 9.17) is 4.74 Å². The molecule has 3 saturated heterocycles. The Labute approximate surface area is 138 Å². The van der Waals surface area contributed by atoms with Gasteiger partial charge in [-0.3, -0.25) is 4.79 Å². The van der Waals surface area contributed by atoms with Gasteiger partial charge in [-0.05, 0) is 38.5 Å². The lowest BCUT2D eigenvalue weighted by Gasteiger charge is -2.25. The average molecular weight is 335 g/mol. The number of hydrogen-bond acceptors (Lipinski definition) is 4. The molecule has 3 heterocycles. The number of rotatable bonds is 4. The summed E-state index contributed by atoms with van der Waals surface area (Å²) in [5, 5.41) is 3.62. The van der Waals surface area contributed by atoms with Crippen LogP contribution in [0.25, 0.3) is 0 Å². The van der Waals surface area contributed by atoms with Gasteiger partial charge in [0.25, 0.3) is 0 Å². The molecule has 122 valence electrons. The zero-order valence-corrected chi connectivity index (χ0v) is 14.2. The van der Waals surface area contributed by atoms with Gasteiger partial charge in [-0.1, -0.05) is 0 Å². The molecule has 0 aromatic heterocycles. The van der Waals surface area contributed by atoms with Crippen molar-refractivity contribution in [3.8, 4) is 0 Å². The molecule has 4 nitrogen and oxygen atoms in total. The van der Waals surface area contributed by atoms with E-state index in [9.17, 15) is 4.79 Å². The molecule has 3 unspecified atom stereocenters. The summed E-state index contributed by atoms with van der Waals surface area (Å²) in [6.07, 6.45) is 7.67. The van der Waals surface area contributed by atoms with Crippen LogP contribution in [-0.4, -0.2) is 60.2 Å². The second-order valence-electron chi connectivity index (χ2n) is 6.27. The van der Waals surface area contributed by atoms with E-state index in [0.29, 0.717) is 29.8 Å². The molecule has 3 aliphatic rings. The Morgan fingerprint density at radius 3 is 2.86 bits per heavy atom. The van der Waals surface area contributed by atoms with Gasteiger partial charge in [0.1, 0.15) is 0 Å². The van der Waals surface area contributed by atoms with Gasteiger partial charge in [-0.25, -0.2) is 0 Å². The third-order valence-corrected chi connectivity index (χ3v) is 5.74. The summed E-state index contributed by atoms with van der Waals surface area (Å²) in [6, 6.07) is 1.19. The largest absolute Gasteiger partial charge is 0.377 e. The van der Waals surface area contributed by atoms with Crippen LogP contribution in [0.2, 0.25) is 0 Å². The SMILES string of the molecule is Cl.O=C(CSCC1CCCCO1)N1CCC2CCC(C1)N2. The molecule has 21 heavy (non-hydrogen) atoms. The van der Waals surface area contributed by atoms with Crippen molar-refractivity contribution in [1.29, 1.82) is 0 Å². The highest BCUT2D eigenvalue weighted by Crippen LogP contribution is 2.22. The topological polar surface area (TPSA) is 41.6 Å². The molecular weight excluding hydrogens is 308 g/mol. The van der Waals surface area contributed by atoms with E-state index in [0.717, 1.165) is 31.9 Å². The number of hydrogen-bond donors (Lipinski definition) is 1. The molecule has 2 bridgehead atoms. The minimum Gasteiger partial charge on any atom is -0.377 e. The van der Waals surface area contributed by atoms with Gasteiger partial charge in [0, 0.05) is 37.5 Å². The molecule has 6 heteroatoms. The first-order valence-corrected chi connectivity index (χ1v) is 9.20. The molecule has 3 fully saturated rings. The fraction of sp³-hybridized carbons (Fsp3) is 0.933. The van der Waals surface area contributed by atoms with Crippen molar-refractivity contribution in [3.05, 3.63) is 0 Å². The molecule has 0 aromatic carbocycles. The Bertz CT molecular complexity index is 340. The maximum Gasteiger partial charge on any atom is 0.232 e. The van der Waals surface area contributed by atoms with Gasteiger partial charge in [0.15, 0.2) is 0 Å². The molecule has 3 atom stereocenters. The molecular formula is C15H27ClN2O2S. The fourth-order valence-electron chi connectivity index (χ4n) is 3.48. The average Bonchev–Trinajstić information content (AvgIpc) is 2.79. The Kier molecular flexibility index (Phi) is 7.13. The number of nitrogens with zero attached hydrogens (tertiary/aromatic N) is 1. The van der Waals surface area contributed by atoms with Crippen LogP contribution in [0.5, 0.6) is 0 Å². The number of halogens is 1. The van der Waals surface area contributed by atoms with Crippen LogP contribution >= 0.6 is 24.2 Å². The molecule has 3 rings (SSSR count). The van der Waals surface area contributed by atoms with Gasteiger partial charge >= 0.3 is 0 Å². The summed E-state index contributed by atoms with van der Waals surface area (Å²) < 4.78 is 5.71. The van der Waals surface area contributed by atoms with Gasteiger partial charge in [0.05, 0.1) is 11.9 Å². The summed E-state index contributed by atoms with van der Waals surface area (Å²) in [5.74, 6) is 1.92. The number of carbonyl (C=O) groups excluding carboxylic acids is 1. The number of fused-ring (bicyclic) bond motifs is 2. The molecule has 3 aliphatic heterocycles. The molecule has 0 aromatic rings. The number of likely N-dealkylation sites (tertiary alicyclic amines) is 1. The van der Waals surface area contributed by atoms with Gasteiger partial charge < -0.3 is 15.0 Å². The molecule has 1 amide bonds. The first-order valence-electron chi connectivity index (χ1n) is 8.04. The highest BCUT2D eigenvalue weighted by atomic mass is 35.5. The van der Waals surface area contributed by atoms with E-state index in [1.807, 2.05) is 0 Å². The van der Waals surface area contributed by atoms with Gasteiger partial charge in [0.2, 0.25) is 5.91 Å². The number of thioether (sulfide) groups is 1. The predicted octanol–water partition coefficient (Wildman–Crippen LogP) is 2.06. The van der Waals surface area contributed by atoms with E-state index in [1.165, 1.54) is 32.1 Å². The normalized spacial score (nSPS) is 32.4. The molecule has 0 saturated carbocycles. The Balaban J connectivity index is 0.00000161. The summed E-state index contributed by atoms with van der Waals surface area (Å²) in [7, 11) is 0. The van der Waals surface area contributed by atoms with Crippen molar-refractivity contribution in [2.45, 2.75) is 56.7 Å². The van der Waals surface area contributed by atoms with Crippen LogP contribution in [0.3, 0.4) is 0 Å². The van der Waals surface area contributed by atoms with Gasteiger partial charge in [-0.2, -0.15) is 0 Å². The maximum atomic E-state index is 12.3. The zero-order valence-electron chi connectivity index (χ0n) is 12.6. The third kappa shape index (κ3) is 5.02. The zero-order chi connectivity index (χ0) is 13.8. The molecule has 0 aliphatic carbocycles. The van der Waals surface area contributed by atoms with Crippen molar-refractivity contribution in [3.63, 3.8) is 0 Å². The van der Waals surface area contributed by atoms with Crippen molar-refractivity contribution in [1.82, 2.24) is 10.2 Å². The third-order valence-electron chi connectivity index (χ3n) is 4.68. The Morgan fingerprint density at radius 2 is 2.05 bits per heavy atom. The molecule has 0 spiro atoms. The minimum atomic E-state index is 0. The van der Waals surface area contributed by atoms with E-state index < -0.39 is 0 Å². The number of nitrogens with one attached hydrogen (secondary N) is 1. The lowest BCUT2D eigenvalue weighted by Crippen LogP contribution is -2.40. The van der Waals surface area contributed by atoms with Gasteiger partial charge in [-0.15, -0.1) is 24.2 Å². The van der Waals surface area contributed by atoms with Crippen LogP contribution in [-0.2, 0) is 9.53 Å². The first-order chi connectivity index (χ1) is 9.81. The van der Waals surface area contributed by atoms with E-state index in [2.05, 4.69) is 10.2 Å². The van der Waals surface area contributed by atoms with E-state index in [-0.39, 0.29) is 12.4 Å². The number of carbonyl (C=O) groups is 1. The monoisotopic (exact) mass is 334 g/mol. The minimum absolute atomic E-state index is 0. The highest BCUT2D eigenvalue weighted by Gasteiger charge is 2.30. The van der Waals surface area contributed by atoms with Crippen molar-refractivity contribution in [2.24, 2.45) is 0 Å². The lowest BCUT2D eigenvalue weighted by atomic mass is 10.1. The summed E-state index contributed by atoms with van der Waals surface area (Å²) in [4.78, 5) is 14.4. The number of ether oxygens (including phenoxy) is 1. The predicted molar refractivity (Wildman–Crippen MR) is 89.3 cm³/mol. The Morgan fingerprint density at radius 1 is 1.19 bits per heavy atom. The van der Waals surface area contributed by atoms with Crippen molar-refractivity contribution >= 4 is 30.1 Å². The molecule has 0 radical (unpaired) electrons. The summed E-state index contributed by atoms with van der Waals surface area (Å²) in [6.45, 7) is 2.75. The van der Waals surface area contributed by atoms with Crippen LogP contribution in [0.15, 0.2) is 0 Å². The quantitative estimate of drug-likeness (QED) is 0.854. The van der Waals surface area contributed by atoms with Crippen LogP contribution < -0.4 is 5.32 Å². The van der Waals surface area contributed by atoms with Crippen LogP contribution in [0, 0.1) is 0 Å². The van der Waals surface area contributed by atoms with Crippen molar-refractivity contribution < 1.29 is 9.53 Å². The van der Waals surface area contributed by atoms with E-state index >= 15 is 0 Å². The van der Waals surface area contributed by atoms with Crippen LogP contribution in [0.4, 0.5) is 0 Å². The smallest absolute Gasteiger partial charge is 0.232 e. The Hall–Kier alpha value is 0.0300. The standard InChI is InChI=1S/C15H26N2O2S.ClH/c18-15(11-20-10-14-3-1-2-8-19-14)17-7-6-12-4-5-13(9-17)16-12;/h12-14,16H,1-11H2;1H. The second kappa shape index (κ2) is 8.61. The fourth-order valence-corrected chi connectivity index (χ4v) is 4.48. The maximum absolute atomic E-state index is 12.3. The lowest BCUT2D eigenvalue weighted by molar-refractivity contribution is -0.128. The molecule has 1 N–H and O–H groups in total.